The Morgan fingerprint density at radius 3 is 2.80 bits per heavy atom. The van der Waals surface area contributed by atoms with Crippen molar-refractivity contribution >= 4 is 21.9 Å². The van der Waals surface area contributed by atoms with Gasteiger partial charge >= 0.3 is 0 Å². The number of anilines is 1. The van der Waals surface area contributed by atoms with Crippen LogP contribution in [0.2, 0.25) is 0 Å². The molecule has 0 radical (unpaired) electrons. The fourth-order valence-corrected chi connectivity index (χ4v) is 1.01. The van der Waals surface area contributed by atoms with Gasteiger partial charge in [-0.2, -0.15) is 0 Å². The van der Waals surface area contributed by atoms with Crippen molar-refractivity contribution in [2.75, 3.05) is 5.73 Å². The zero-order valence-corrected chi connectivity index (χ0v) is 7.22. The normalized spacial score (nSPS) is 9.80. The molecule has 0 aliphatic heterocycles. The van der Waals surface area contributed by atoms with Gasteiger partial charge in [0.05, 0.1) is 5.69 Å². The van der Waals surface area contributed by atoms with Crippen LogP contribution in [0.4, 0.5) is 5.95 Å². The van der Waals surface area contributed by atoms with Gasteiger partial charge in [-0.1, -0.05) is 15.9 Å². The first-order valence-corrected chi connectivity index (χ1v) is 4.00. The smallest absolute Gasteiger partial charge is 0.220 e. The second-order valence-electron chi connectivity index (χ2n) is 1.99. The number of nitrogens with zero attached hydrogens (tertiary/aromatic N) is 2. The Morgan fingerprint density at radius 1 is 1.60 bits per heavy atom. The van der Waals surface area contributed by atoms with Gasteiger partial charge in [0.15, 0.2) is 0 Å². The molecule has 0 spiro atoms. The summed E-state index contributed by atoms with van der Waals surface area (Å²) in [6, 6.07) is 1.89. The third kappa shape index (κ3) is 1.67. The lowest BCUT2D eigenvalue weighted by Crippen LogP contribution is -1.98. The number of aromatic nitrogens is 2. The molecule has 0 aromatic carbocycles. The van der Waals surface area contributed by atoms with Crippen molar-refractivity contribution in [2.45, 2.75) is 12.3 Å². The van der Waals surface area contributed by atoms with Crippen LogP contribution in [0.25, 0.3) is 0 Å². The molecule has 1 rings (SSSR count). The fourth-order valence-electron chi connectivity index (χ4n) is 0.727. The van der Waals surface area contributed by atoms with Gasteiger partial charge < -0.3 is 5.73 Å². The van der Waals surface area contributed by atoms with Crippen molar-refractivity contribution in [3.63, 3.8) is 0 Å². The third-order valence-corrected chi connectivity index (χ3v) is 1.64. The molecule has 0 aliphatic carbocycles. The van der Waals surface area contributed by atoms with E-state index in [2.05, 4.69) is 25.9 Å². The van der Waals surface area contributed by atoms with E-state index in [1.54, 1.807) is 0 Å². The van der Waals surface area contributed by atoms with Crippen LogP contribution in [0, 0.1) is 6.92 Å². The first-order valence-electron chi connectivity index (χ1n) is 2.88. The summed E-state index contributed by atoms with van der Waals surface area (Å²) in [5, 5.41) is 0.723. The summed E-state index contributed by atoms with van der Waals surface area (Å²) >= 11 is 3.28. The van der Waals surface area contributed by atoms with Gasteiger partial charge in [0, 0.05) is 11.0 Å². The molecule has 2 N–H and O–H groups in total. The van der Waals surface area contributed by atoms with E-state index in [-0.39, 0.29) is 0 Å². The topological polar surface area (TPSA) is 51.8 Å². The number of alkyl halides is 1. The summed E-state index contributed by atoms with van der Waals surface area (Å²) in [6.45, 7) is 1.89. The maximum atomic E-state index is 5.39. The van der Waals surface area contributed by atoms with E-state index < -0.39 is 0 Å². The summed E-state index contributed by atoms with van der Waals surface area (Å²) in [5.74, 6) is 0.342. The molecule has 3 nitrogen and oxygen atoms in total. The second-order valence-corrected chi connectivity index (χ2v) is 2.55. The van der Waals surface area contributed by atoms with Crippen molar-refractivity contribution in [3.8, 4) is 0 Å². The van der Waals surface area contributed by atoms with E-state index >= 15 is 0 Å². The minimum atomic E-state index is 0.342. The van der Waals surface area contributed by atoms with Crippen LogP contribution < -0.4 is 5.73 Å². The van der Waals surface area contributed by atoms with Gasteiger partial charge in [-0.15, -0.1) is 0 Å². The molecule has 0 atom stereocenters. The highest BCUT2D eigenvalue weighted by Crippen LogP contribution is 2.04. The Hall–Kier alpha value is -0.640. The highest BCUT2D eigenvalue weighted by atomic mass is 79.9. The summed E-state index contributed by atoms with van der Waals surface area (Å²) in [6.07, 6.45) is 0. The minimum absolute atomic E-state index is 0.342. The zero-order valence-electron chi connectivity index (χ0n) is 5.63. The fraction of sp³-hybridized carbons (Fsp3) is 0.333. The third-order valence-electron chi connectivity index (χ3n) is 1.06. The first kappa shape index (κ1) is 7.47. The molecule has 1 aromatic heterocycles. The molecule has 0 fully saturated rings. The van der Waals surface area contributed by atoms with Gasteiger partial charge in [0.1, 0.15) is 0 Å². The largest absolute Gasteiger partial charge is 0.368 e. The Bertz CT molecular complexity index is 216. The lowest BCUT2D eigenvalue weighted by atomic mass is 10.4. The molecule has 4 heteroatoms. The van der Waals surface area contributed by atoms with Crippen molar-refractivity contribution in [1.82, 2.24) is 9.97 Å². The molecule has 0 saturated heterocycles. The minimum Gasteiger partial charge on any atom is -0.368 e. The van der Waals surface area contributed by atoms with Gasteiger partial charge in [-0.05, 0) is 13.0 Å². The van der Waals surface area contributed by atoms with Crippen molar-refractivity contribution in [3.05, 3.63) is 17.5 Å². The number of hydrogen-bond donors (Lipinski definition) is 1. The van der Waals surface area contributed by atoms with Gasteiger partial charge in [0.25, 0.3) is 0 Å². The summed E-state index contributed by atoms with van der Waals surface area (Å²) in [4.78, 5) is 7.90. The second kappa shape index (κ2) is 2.96. The average Bonchev–Trinajstić information content (AvgIpc) is 1.85. The lowest BCUT2D eigenvalue weighted by molar-refractivity contribution is 1.06. The molecule has 10 heavy (non-hydrogen) atoms. The molecule has 0 aliphatic rings. The maximum Gasteiger partial charge on any atom is 0.220 e. The standard InChI is InChI=1S/C6H8BrN3/c1-4-2-5(3-7)10-6(8)9-4/h2H,3H2,1H3,(H2,8,9,10). The van der Waals surface area contributed by atoms with Crippen LogP contribution in [0.5, 0.6) is 0 Å². The van der Waals surface area contributed by atoms with Crippen LogP contribution in [0.1, 0.15) is 11.4 Å². The Morgan fingerprint density at radius 2 is 2.30 bits per heavy atom. The van der Waals surface area contributed by atoms with E-state index in [4.69, 9.17) is 5.73 Å². The van der Waals surface area contributed by atoms with Crippen LogP contribution in [0.15, 0.2) is 6.07 Å². The molecular weight excluding hydrogens is 194 g/mol. The number of halogens is 1. The van der Waals surface area contributed by atoms with Crippen LogP contribution in [0.3, 0.4) is 0 Å². The van der Waals surface area contributed by atoms with E-state index in [9.17, 15) is 0 Å². The molecule has 0 unspecified atom stereocenters. The molecule has 54 valence electrons. The summed E-state index contributed by atoms with van der Waals surface area (Å²) in [5.41, 5.74) is 7.22. The highest BCUT2D eigenvalue weighted by molar-refractivity contribution is 9.08. The first-order chi connectivity index (χ1) is 4.72. The monoisotopic (exact) mass is 201 g/mol. The summed E-state index contributed by atoms with van der Waals surface area (Å²) in [7, 11) is 0. The number of hydrogen-bond acceptors (Lipinski definition) is 3. The van der Waals surface area contributed by atoms with E-state index in [0.717, 1.165) is 16.7 Å². The molecule has 0 saturated carbocycles. The van der Waals surface area contributed by atoms with Gasteiger partial charge in [0.2, 0.25) is 5.95 Å². The Labute approximate surface area is 67.8 Å². The molecular formula is C6H8BrN3. The molecule has 1 heterocycles. The van der Waals surface area contributed by atoms with Crippen LogP contribution in [-0.4, -0.2) is 9.97 Å². The Kier molecular flexibility index (Phi) is 2.21. The van der Waals surface area contributed by atoms with Crippen LogP contribution in [-0.2, 0) is 5.33 Å². The maximum absolute atomic E-state index is 5.39. The molecule has 0 amide bonds. The van der Waals surface area contributed by atoms with Crippen molar-refractivity contribution < 1.29 is 0 Å². The number of nitrogens with two attached hydrogens (primary N) is 1. The average molecular weight is 202 g/mol. The predicted octanol–water partition coefficient (Wildman–Crippen LogP) is 1.26. The predicted molar refractivity (Wildman–Crippen MR) is 43.8 cm³/mol. The van der Waals surface area contributed by atoms with E-state index in [0.29, 0.717) is 5.95 Å². The van der Waals surface area contributed by atoms with Crippen molar-refractivity contribution in [1.29, 1.82) is 0 Å². The number of rotatable bonds is 1. The van der Waals surface area contributed by atoms with E-state index in [1.165, 1.54) is 0 Å². The van der Waals surface area contributed by atoms with Crippen molar-refractivity contribution in [2.24, 2.45) is 0 Å². The van der Waals surface area contributed by atoms with Gasteiger partial charge in [-0.25, -0.2) is 9.97 Å². The Balaban J connectivity index is 3.06. The zero-order chi connectivity index (χ0) is 7.56. The number of aryl methyl sites for hydroxylation is 1. The van der Waals surface area contributed by atoms with Gasteiger partial charge in [-0.3, -0.25) is 0 Å². The summed E-state index contributed by atoms with van der Waals surface area (Å²) < 4.78 is 0. The van der Waals surface area contributed by atoms with Crippen LogP contribution >= 0.6 is 15.9 Å². The lowest BCUT2D eigenvalue weighted by Gasteiger charge is -1.97. The molecule has 1 aromatic rings. The SMILES string of the molecule is Cc1cc(CBr)nc(N)n1. The van der Waals surface area contributed by atoms with E-state index in [1.807, 2.05) is 13.0 Å². The highest BCUT2D eigenvalue weighted by Gasteiger charge is 1.95. The molecule has 0 bridgehead atoms. The number of nitrogen functional groups attached to an aromatic ring is 1. The quantitative estimate of drug-likeness (QED) is 0.697.